The zero-order valence-corrected chi connectivity index (χ0v) is 23.8. The van der Waals surface area contributed by atoms with Crippen LogP contribution in [0.2, 0.25) is 15.1 Å². The predicted molar refractivity (Wildman–Crippen MR) is 157 cm³/mol. The third-order valence-electron chi connectivity index (χ3n) is 6.61. The Balaban J connectivity index is 1.25. The third kappa shape index (κ3) is 5.59. The molecule has 0 saturated heterocycles. The summed E-state index contributed by atoms with van der Waals surface area (Å²) in [7, 11) is 1.31. The van der Waals surface area contributed by atoms with Crippen LogP contribution in [0.4, 0.5) is 0 Å². The molecule has 0 atom stereocenters. The van der Waals surface area contributed by atoms with Gasteiger partial charge < -0.3 is 14.0 Å². The number of fused-ring (bicyclic) bond motifs is 1. The van der Waals surface area contributed by atoms with E-state index in [-0.39, 0.29) is 12.2 Å². The highest BCUT2D eigenvalue weighted by Crippen LogP contribution is 2.46. The number of methoxy groups -OCH3 is 1. The minimum Gasteiger partial charge on any atom is -0.489 e. The summed E-state index contributed by atoms with van der Waals surface area (Å²) in [5.41, 5.74) is 4.42. The highest BCUT2D eigenvalue weighted by molar-refractivity contribution is 6.39. The Labute approximate surface area is 250 Å². The number of hydrogen-bond acceptors (Lipinski definition) is 7. The standard InChI is InChI=1S/C31H20Cl3N3O4/c1-39-31(38)21-13-17(14-26-28(21)36-12-11-35-26)5-6-18-9-10-20(15-25(18)34)40-16-22-29(37-41-30(22)19-7-8-19)27-23(32)3-2-4-24(27)33/h2-4,9-15,19H,7-8,16H2,1H3. The van der Waals surface area contributed by atoms with Crippen LogP contribution in [-0.2, 0) is 11.3 Å². The fourth-order valence-electron chi connectivity index (χ4n) is 4.44. The van der Waals surface area contributed by atoms with E-state index in [2.05, 4.69) is 27.0 Å². The minimum absolute atomic E-state index is 0.196. The molecular weight excluding hydrogens is 585 g/mol. The van der Waals surface area contributed by atoms with Crippen molar-refractivity contribution >= 4 is 51.8 Å². The summed E-state index contributed by atoms with van der Waals surface area (Å²) in [6.07, 6.45) is 5.13. The summed E-state index contributed by atoms with van der Waals surface area (Å²) in [5, 5.41) is 5.68. The second-order valence-electron chi connectivity index (χ2n) is 9.36. The molecule has 10 heteroatoms. The maximum atomic E-state index is 12.3. The van der Waals surface area contributed by atoms with Gasteiger partial charge in [-0.05, 0) is 49.2 Å². The lowest BCUT2D eigenvalue weighted by Gasteiger charge is -2.10. The molecule has 1 fully saturated rings. The van der Waals surface area contributed by atoms with Crippen molar-refractivity contribution in [3.8, 4) is 28.8 Å². The van der Waals surface area contributed by atoms with Gasteiger partial charge in [-0.25, -0.2) is 4.79 Å². The van der Waals surface area contributed by atoms with Crippen molar-refractivity contribution in [2.75, 3.05) is 7.11 Å². The number of hydrogen-bond donors (Lipinski definition) is 0. The SMILES string of the molecule is COC(=O)c1cc(C#Cc2ccc(OCc3c(-c4c(Cl)cccc4Cl)noc3C3CC3)cc2Cl)cc2nccnc12. The molecule has 2 aromatic heterocycles. The highest BCUT2D eigenvalue weighted by Gasteiger charge is 2.33. The van der Waals surface area contributed by atoms with E-state index in [1.165, 1.54) is 13.3 Å². The number of aromatic nitrogens is 3. The van der Waals surface area contributed by atoms with Gasteiger partial charge >= 0.3 is 5.97 Å². The fourth-order valence-corrected chi connectivity index (χ4v) is 5.24. The quantitative estimate of drug-likeness (QED) is 0.144. The normalized spacial score (nSPS) is 12.6. The lowest BCUT2D eigenvalue weighted by molar-refractivity contribution is 0.0602. The Morgan fingerprint density at radius 2 is 1.78 bits per heavy atom. The Hall–Kier alpha value is -4.09. The van der Waals surface area contributed by atoms with Crippen LogP contribution in [0.25, 0.3) is 22.3 Å². The van der Waals surface area contributed by atoms with Crippen molar-refractivity contribution in [2.45, 2.75) is 25.4 Å². The summed E-state index contributed by atoms with van der Waals surface area (Å²) in [6.45, 7) is 0.196. The Kier molecular flexibility index (Phi) is 7.55. The van der Waals surface area contributed by atoms with Crippen molar-refractivity contribution in [1.82, 2.24) is 15.1 Å². The van der Waals surface area contributed by atoms with Crippen LogP contribution in [-0.4, -0.2) is 28.2 Å². The van der Waals surface area contributed by atoms with Gasteiger partial charge in [-0.2, -0.15) is 0 Å². The topological polar surface area (TPSA) is 87.3 Å². The number of esters is 1. The van der Waals surface area contributed by atoms with Crippen LogP contribution in [0.1, 0.15) is 51.6 Å². The smallest absolute Gasteiger partial charge is 0.340 e. The first-order chi connectivity index (χ1) is 19.9. The summed E-state index contributed by atoms with van der Waals surface area (Å²) < 4.78 is 16.7. The van der Waals surface area contributed by atoms with Gasteiger partial charge in [-0.15, -0.1) is 0 Å². The van der Waals surface area contributed by atoms with Crippen LogP contribution in [0, 0.1) is 11.8 Å². The minimum atomic E-state index is -0.517. The Morgan fingerprint density at radius 3 is 2.51 bits per heavy atom. The van der Waals surface area contributed by atoms with E-state index in [4.69, 9.17) is 48.8 Å². The summed E-state index contributed by atoms with van der Waals surface area (Å²) >= 11 is 19.5. The first-order valence-electron chi connectivity index (χ1n) is 12.6. The van der Waals surface area contributed by atoms with Crippen molar-refractivity contribution in [3.05, 3.63) is 104 Å². The number of benzene rings is 3. The van der Waals surface area contributed by atoms with Crippen LogP contribution in [0.3, 0.4) is 0 Å². The second-order valence-corrected chi connectivity index (χ2v) is 10.6. The van der Waals surface area contributed by atoms with Crippen molar-refractivity contribution in [3.63, 3.8) is 0 Å². The Morgan fingerprint density at radius 1 is 1.00 bits per heavy atom. The van der Waals surface area contributed by atoms with E-state index in [0.717, 1.165) is 24.2 Å². The lowest BCUT2D eigenvalue weighted by atomic mass is 10.0. The van der Waals surface area contributed by atoms with Gasteiger partial charge in [0.1, 0.15) is 29.3 Å². The molecule has 1 aliphatic carbocycles. The average Bonchev–Trinajstić information content (AvgIpc) is 3.74. The molecule has 0 bridgehead atoms. The molecule has 41 heavy (non-hydrogen) atoms. The third-order valence-corrected chi connectivity index (χ3v) is 7.55. The zero-order valence-electron chi connectivity index (χ0n) is 21.6. The van der Waals surface area contributed by atoms with Crippen LogP contribution in [0.15, 0.2) is 65.4 Å². The summed E-state index contributed by atoms with van der Waals surface area (Å²) in [5.74, 6) is 7.24. The molecule has 0 unspecified atom stereocenters. The largest absolute Gasteiger partial charge is 0.489 e. The molecule has 0 aliphatic heterocycles. The van der Waals surface area contributed by atoms with Crippen LogP contribution < -0.4 is 4.74 Å². The van der Waals surface area contributed by atoms with E-state index in [0.29, 0.717) is 60.2 Å². The van der Waals surface area contributed by atoms with Gasteiger partial charge in [0.25, 0.3) is 0 Å². The molecule has 204 valence electrons. The van der Waals surface area contributed by atoms with E-state index in [1.54, 1.807) is 54.7 Å². The van der Waals surface area contributed by atoms with Crippen LogP contribution >= 0.6 is 34.8 Å². The van der Waals surface area contributed by atoms with Gasteiger partial charge in [-0.3, -0.25) is 9.97 Å². The average molecular weight is 605 g/mol. The van der Waals surface area contributed by atoms with Crippen molar-refractivity contribution < 1.29 is 18.8 Å². The molecule has 3 aromatic carbocycles. The number of rotatable bonds is 6. The van der Waals surface area contributed by atoms with Crippen molar-refractivity contribution in [2.24, 2.45) is 0 Å². The monoisotopic (exact) mass is 603 g/mol. The molecule has 0 N–H and O–H groups in total. The number of carbonyl (C=O) groups is 1. The fraction of sp³-hybridized carbons (Fsp3) is 0.161. The molecule has 2 heterocycles. The Bertz CT molecular complexity index is 1850. The zero-order chi connectivity index (χ0) is 28.5. The molecule has 1 aliphatic rings. The number of carbonyl (C=O) groups excluding carboxylic acids is 1. The van der Waals surface area contributed by atoms with Gasteiger partial charge in [0.05, 0.1) is 38.8 Å². The molecule has 0 amide bonds. The molecule has 5 aromatic rings. The number of halogens is 3. The molecule has 6 rings (SSSR count). The second kappa shape index (κ2) is 11.4. The van der Waals surface area contributed by atoms with Crippen molar-refractivity contribution in [1.29, 1.82) is 0 Å². The molecular formula is C31H20Cl3N3O4. The summed E-state index contributed by atoms with van der Waals surface area (Å²) in [4.78, 5) is 20.8. The van der Waals surface area contributed by atoms with Gasteiger partial charge in [-0.1, -0.05) is 57.9 Å². The first kappa shape index (κ1) is 27.1. The summed E-state index contributed by atoms with van der Waals surface area (Å²) in [6, 6.07) is 13.9. The van der Waals surface area contributed by atoms with Gasteiger partial charge in [0.2, 0.25) is 0 Å². The molecule has 1 saturated carbocycles. The number of nitrogens with zero attached hydrogens (tertiary/aromatic N) is 3. The van der Waals surface area contributed by atoms with E-state index in [1.807, 2.05) is 0 Å². The van der Waals surface area contributed by atoms with Gasteiger partial charge in [0, 0.05) is 41.1 Å². The molecule has 0 radical (unpaired) electrons. The maximum absolute atomic E-state index is 12.3. The lowest BCUT2D eigenvalue weighted by Crippen LogP contribution is -2.04. The highest BCUT2D eigenvalue weighted by atomic mass is 35.5. The van der Waals surface area contributed by atoms with E-state index >= 15 is 0 Å². The predicted octanol–water partition coefficient (Wildman–Crippen LogP) is 7.89. The molecule has 0 spiro atoms. The van der Waals surface area contributed by atoms with Gasteiger partial charge in [0.15, 0.2) is 0 Å². The maximum Gasteiger partial charge on any atom is 0.340 e. The van der Waals surface area contributed by atoms with Crippen LogP contribution in [0.5, 0.6) is 5.75 Å². The first-order valence-corrected chi connectivity index (χ1v) is 13.8. The van der Waals surface area contributed by atoms with E-state index in [9.17, 15) is 4.79 Å². The van der Waals surface area contributed by atoms with E-state index < -0.39 is 5.97 Å². The number of ether oxygens (including phenoxy) is 2. The molecule has 7 nitrogen and oxygen atoms in total.